The van der Waals surface area contributed by atoms with Crippen LogP contribution in [0.25, 0.3) is 0 Å². The van der Waals surface area contributed by atoms with E-state index < -0.39 is 0 Å². The number of nitrogens with zero attached hydrogens (tertiary/aromatic N) is 6. The summed E-state index contributed by atoms with van der Waals surface area (Å²) in [7, 11) is 0. The standard InChI is InChI=1S/C19H31N7O3/c27-18(5-8-26-14-21-22-23-26)20-9-17-12-25(19(28)13-29-17)11-16-3-6-24(7-4-16)10-15-1-2-15/h14-17H,1-13H2,(H,20,27). The number of aromatic nitrogens is 4. The van der Waals surface area contributed by atoms with Crippen LogP contribution in [-0.2, 0) is 20.9 Å². The van der Waals surface area contributed by atoms with Crippen molar-refractivity contribution in [3.8, 4) is 0 Å². The number of tetrazole rings is 1. The highest BCUT2D eigenvalue weighted by Gasteiger charge is 2.31. The van der Waals surface area contributed by atoms with Crippen LogP contribution < -0.4 is 5.32 Å². The maximum Gasteiger partial charge on any atom is 0.248 e. The Morgan fingerprint density at radius 3 is 2.69 bits per heavy atom. The molecule has 0 spiro atoms. The first kappa shape index (κ1) is 20.2. The van der Waals surface area contributed by atoms with Crippen molar-refractivity contribution >= 4 is 11.8 Å². The third-order valence-corrected chi connectivity index (χ3v) is 6.10. The van der Waals surface area contributed by atoms with E-state index in [4.69, 9.17) is 4.74 Å². The van der Waals surface area contributed by atoms with E-state index in [-0.39, 0.29) is 24.5 Å². The summed E-state index contributed by atoms with van der Waals surface area (Å²) in [6.45, 7) is 5.88. The second-order valence-electron chi connectivity index (χ2n) is 8.55. The number of ether oxygens (including phenoxy) is 1. The summed E-state index contributed by atoms with van der Waals surface area (Å²) in [5.41, 5.74) is 0. The van der Waals surface area contributed by atoms with Crippen LogP contribution in [0.1, 0.15) is 32.1 Å². The SMILES string of the molecule is O=C(CCn1cnnn1)NCC1CN(CC2CCN(CC3CC3)CC2)C(=O)CO1. The molecular formula is C19H31N7O3. The molecule has 1 aliphatic carbocycles. The number of piperidine rings is 1. The molecule has 1 saturated carbocycles. The highest BCUT2D eigenvalue weighted by Crippen LogP contribution is 2.31. The molecule has 1 N–H and O–H groups in total. The number of morpholine rings is 1. The highest BCUT2D eigenvalue weighted by atomic mass is 16.5. The minimum absolute atomic E-state index is 0.0617. The molecule has 1 aromatic heterocycles. The molecule has 29 heavy (non-hydrogen) atoms. The van der Waals surface area contributed by atoms with Gasteiger partial charge in [-0.1, -0.05) is 0 Å². The number of likely N-dealkylation sites (tertiary alicyclic amines) is 1. The number of rotatable bonds is 9. The Hall–Kier alpha value is -2.07. The Morgan fingerprint density at radius 2 is 1.97 bits per heavy atom. The average Bonchev–Trinajstić information content (AvgIpc) is 3.38. The molecule has 0 bridgehead atoms. The van der Waals surface area contributed by atoms with Gasteiger partial charge >= 0.3 is 0 Å². The van der Waals surface area contributed by atoms with E-state index in [0.717, 1.165) is 38.4 Å². The Labute approximate surface area is 170 Å². The van der Waals surface area contributed by atoms with Gasteiger partial charge in [0.2, 0.25) is 11.8 Å². The van der Waals surface area contributed by atoms with E-state index in [1.807, 2.05) is 4.90 Å². The summed E-state index contributed by atoms with van der Waals surface area (Å²) in [6, 6.07) is 0. The van der Waals surface area contributed by atoms with E-state index in [1.54, 1.807) is 0 Å². The topological polar surface area (TPSA) is 105 Å². The highest BCUT2D eigenvalue weighted by molar-refractivity contribution is 5.78. The van der Waals surface area contributed by atoms with Gasteiger partial charge in [0.05, 0.1) is 12.6 Å². The number of nitrogens with one attached hydrogen (secondary N) is 1. The number of aryl methyl sites for hydroxylation is 1. The zero-order chi connectivity index (χ0) is 20.1. The van der Waals surface area contributed by atoms with E-state index in [9.17, 15) is 9.59 Å². The van der Waals surface area contributed by atoms with Crippen molar-refractivity contribution in [2.24, 2.45) is 11.8 Å². The van der Waals surface area contributed by atoms with Gasteiger partial charge in [-0.3, -0.25) is 9.59 Å². The molecule has 3 aliphatic rings. The average molecular weight is 406 g/mol. The van der Waals surface area contributed by atoms with Gasteiger partial charge in [-0.15, -0.1) is 5.10 Å². The smallest absolute Gasteiger partial charge is 0.248 e. The van der Waals surface area contributed by atoms with Crippen LogP contribution in [0.3, 0.4) is 0 Å². The minimum atomic E-state index is -0.153. The maximum absolute atomic E-state index is 12.3. The lowest BCUT2D eigenvalue weighted by molar-refractivity contribution is -0.150. The number of carbonyl (C=O) groups is 2. The monoisotopic (exact) mass is 405 g/mol. The van der Waals surface area contributed by atoms with Crippen LogP contribution in [0.5, 0.6) is 0 Å². The quantitative estimate of drug-likeness (QED) is 0.592. The maximum atomic E-state index is 12.3. The zero-order valence-electron chi connectivity index (χ0n) is 16.9. The minimum Gasteiger partial charge on any atom is -0.365 e. The molecule has 2 saturated heterocycles. The van der Waals surface area contributed by atoms with Crippen LogP contribution in [-0.4, -0.2) is 93.8 Å². The number of hydrogen-bond donors (Lipinski definition) is 1. The van der Waals surface area contributed by atoms with Crippen molar-refractivity contribution in [1.29, 1.82) is 0 Å². The first-order valence-electron chi connectivity index (χ1n) is 10.7. The first-order chi connectivity index (χ1) is 14.2. The Bertz CT molecular complexity index is 671. The molecule has 1 unspecified atom stereocenters. The van der Waals surface area contributed by atoms with Gasteiger partial charge < -0.3 is 19.9 Å². The van der Waals surface area contributed by atoms with Gasteiger partial charge in [-0.25, -0.2) is 4.68 Å². The van der Waals surface area contributed by atoms with Crippen molar-refractivity contribution < 1.29 is 14.3 Å². The van der Waals surface area contributed by atoms with E-state index in [1.165, 1.54) is 30.4 Å². The van der Waals surface area contributed by atoms with Gasteiger partial charge in [0.1, 0.15) is 12.9 Å². The van der Waals surface area contributed by atoms with Crippen LogP contribution in [0.4, 0.5) is 0 Å². The van der Waals surface area contributed by atoms with Crippen LogP contribution in [0.15, 0.2) is 6.33 Å². The van der Waals surface area contributed by atoms with E-state index >= 15 is 0 Å². The van der Waals surface area contributed by atoms with Crippen LogP contribution in [0.2, 0.25) is 0 Å². The first-order valence-corrected chi connectivity index (χ1v) is 10.7. The normalized spacial score (nSPS) is 24.1. The largest absolute Gasteiger partial charge is 0.365 e. The molecule has 160 valence electrons. The van der Waals surface area contributed by atoms with Gasteiger partial charge in [0, 0.05) is 32.6 Å². The molecule has 10 nitrogen and oxygen atoms in total. The molecule has 4 rings (SSSR count). The molecule has 1 atom stereocenters. The van der Waals surface area contributed by atoms with Gasteiger partial charge in [-0.05, 0) is 61.0 Å². The molecular weight excluding hydrogens is 374 g/mol. The fourth-order valence-electron chi connectivity index (χ4n) is 4.12. The van der Waals surface area contributed by atoms with E-state index in [2.05, 4.69) is 25.7 Å². The third kappa shape index (κ3) is 6.20. The fourth-order valence-corrected chi connectivity index (χ4v) is 4.12. The fraction of sp³-hybridized carbons (Fsp3) is 0.842. The molecule has 10 heteroatoms. The van der Waals surface area contributed by atoms with E-state index in [0.29, 0.717) is 32.0 Å². The van der Waals surface area contributed by atoms with Crippen molar-refractivity contribution in [3.63, 3.8) is 0 Å². The lowest BCUT2D eigenvalue weighted by Crippen LogP contribution is -2.52. The number of hydrogen-bond acceptors (Lipinski definition) is 7. The lowest BCUT2D eigenvalue weighted by Gasteiger charge is -2.38. The predicted molar refractivity (Wildman–Crippen MR) is 104 cm³/mol. The zero-order valence-corrected chi connectivity index (χ0v) is 16.9. The molecule has 2 aliphatic heterocycles. The van der Waals surface area contributed by atoms with Crippen molar-refractivity contribution in [2.45, 2.75) is 44.8 Å². The Morgan fingerprint density at radius 1 is 1.17 bits per heavy atom. The van der Waals surface area contributed by atoms with Crippen molar-refractivity contribution in [3.05, 3.63) is 6.33 Å². The Balaban J connectivity index is 1.15. The Kier molecular flexibility index (Phi) is 6.70. The lowest BCUT2D eigenvalue weighted by atomic mass is 9.95. The number of amides is 2. The predicted octanol–water partition coefficient (Wildman–Crippen LogP) is -0.471. The summed E-state index contributed by atoms with van der Waals surface area (Å²) in [5, 5.41) is 13.7. The van der Waals surface area contributed by atoms with Crippen molar-refractivity contribution in [2.75, 3.05) is 45.9 Å². The van der Waals surface area contributed by atoms with Crippen molar-refractivity contribution in [1.82, 2.24) is 35.3 Å². The molecule has 1 aromatic rings. The second-order valence-corrected chi connectivity index (χ2v) is 8.55. The number of carbonyl (C=O) groups excluding carboxylic acids is 2. The summed E-state index contributed by atoms with van der Waals surface area (Å²) < 4.78 is 7.15. The van der Waals surface area contributed by atoms with Crippen LogP contribution in [0, 0.1) is 11.8 Å². The molecule has 3 heterocycles. The van der Waals surface area contributed by atoms with Gasteiger partial charge in [0.25, 0.3) is 0 Å². The summed E-state index contributed by atoms with van der Waals surface area (Å²) in [6.07, 6.45) is 6.76. The van der Waals surface area contributed by atoms with Gasteiger partial charge in [-0.2, -0.15) is 0 Å². The van der Waals surface area contributed by atoms with Crippen LogP contribution >= 0.6 is 0 Å². The summed E-state index contributed by atoms with van der Waals surface area (Å²) >= 11 is 0. The van der Waals surface area contributed by atoms with Gasteiger partial charge in [0.15, 0.2) is 0 Å². The third-order valence-electron chi connectivity index (χ3n) is 6.10. The molecule has 2 amide bonds. The summed E-state index contributed by atoms with van der Waals surface area (Å²) in [5.74, 6) is 1.50. The second kappa shape index (κ2) is 9.62. The summed E-state index contributed by atoms with van der Waals surface area (Å²) in [4.78, 5) is 28.8. The molecule has 0 aromatic carbocycles. The molecule has 3 fully saturated rings. The molecule has 0 radical (unpaired) electrons.